The van der Waals surface area contributed by atoms with Gasteiger partial charge >= 0.3 is 6.09 Å². The minimum absolute atomic E-state index is 0.0463. The van der Waals surface area contributed by atoms with E-state index in [9.17, 15) is 24.0 Å². The molecule has 10 heteroatoms. The molecule has 10 nitrogen and oxygen atoms in total. The predicted molar refractivity (Wildman–Crippen MR) is 194 cm³/mol. The molecule has 0 bridgehead atoms. The van der Waals surface area contributed by atoms with Gasteiger partial charge in [-0.2, -0.15) is 0 Å². The van der Waals surface area contributed by atoms with Gasteiger partial charge in [0.05, 0.1) is 6.04 Å². The first-order valence-electron chi connectivity index (χ1n) is 18.9. The highest BCUT2D eigenvalue weighted by Crippen LogP contribution is 2.27. The van der Waals surface area contributed by atoms with Crippen molar-refractivity contribution in [3.63, 3.8) is 0 Å². The number of carbonyl (C=O) groups is 5. The van der Waals surface area contributed by atoms with Gasteiger partial charge in [0.15, 0.2) is 0 Å². The second-order valence-corrected chi connectivity index (χ2v) is 13.5. The van der Waals surface area contributed by atoms with Crippen LogP contribution in [0, 0.1) is 11.8 Å². The standard InChI is InChI=1S/C30H50N4O6.C5H12.C3H8/c1-6-9-16-31-29(38)27(36)23(12-8-3)32-28(37)25-13-10-17-34(25)26(35)19-24(21(5)11-7-2)33-30(39)40-22-15-14-20(4)18-22;1-3-5-4-2;1-3-2/h6,20-25H,1,7-19H2,2-5H3,(H,31,38)(H,32,37)(H,33,39);3-5H2,1-2H3;3H2,1-2H3. The number of carbonyl (C=O) groups excluding carboxylic acids is 5. The summed E-state index contributed by atoms with van der Waals surface area (Å²) in [5.74, 6) is -1.50. The molecule has 0 aromatic carbocycles. The molecule has 4 amide bonds. The Labute approximate surface area is 292 Å². The molecule has 6 unspecified atom stereocenters. The van der Waals surface area contributed by atoms with Crippen molar-refractivity contribution in [1.29, 1.82) is 0 Å². The van der Waals surface area contributed by atoms with Crippen LogP contribution in [0.1, 0.15) is 152 Å². The maximum absolute atomic E-state index is 13.5. The van der Waals surface area contributed by atoms with E-state index in [-0.39, 0.29) is 24.3 Å². The highest BCUT2D eigenvalue weighted by molar-refractivity contribution is 6.38. The first-order chi connectivity index (χ1) is 22.9. The Kier molecular flexibility index (Phi) is 25.3. The molecule has 1 saturated heterocycles. The molecular weight excluding hydrogens is 608 g/mol. The highest BCUT2D eigenvalue weighted by Gasteiger charge is 2.38. The van der Waals surface area contributed by atoms with Gasteiger partial charge < -0.3 is 25.6 Å². The summed E-state index contributed by atoms with van der Waals surface area (Å²) in [4.78, 5) is 66.0. The van der Waals surface area contributed by atoms with E-state index in [0.717, 1.165) is 32.1 Å². The molecule has 0 spiro atoms. The molecule has 2 rings (SSSR count). The van der Waals surface area contributed by atoms with Crippen LogP contribution in [0.5, 0.6) is 0 Å². The minimum atomic E-state index is -0.953. The van der Waals surface area contributed by atoms with Gasteiger partial charge in [-0.15, -0.1) is 6.58 Å². The molecule has 278 valence electrons. The van der Waals surface area contributed by atoms with Gasteiger partial charge in [-0.05, 0) is 63.2 Å². The van der Waals surface area contributed by atoms with Crippen LogP contribution in [0.2, 0.25) is 0 Å². The van der Waals surface area contributed by atoms with Crippen molar-refractivity contribution in [3.8, 4) is 0 Å². The number of hydrogen-bond acceptors (Lipinski definition) is 6. The Morgan fingerprint density at radius 3 is 2.08 bits per heavy atom. The summed E-state index contributed by atoms with van der Waals surface area (Å²) in [6.45, 7) is 21.1. The summed E-state index contributed by atoms with van der Waals surface area (Å²) in [6, 6.07) is -2.10. The average Bonchev–Trinajstić information content (AvgIpc) is 3.70. The normalized spacial score (nSPS) is 20.1. The van der Waals surface area contributed by atoms with Gasteiger partial charge in [0, 0.05) is 25.6 Å². The van der Waals surface area contributed by atoms with Crippen LogP contribution in [0.3, 0.4) is 0 Å². The Balaban J connectivity index is 0.00000247. The van der Waals surface area contributed by atoms with Crippen molar-refractivity contribution >= 4 is 29.6 Å². The van der Waals surface area contributed by atoms with Crippen molar-refractivity contribution in [2.24, 2.45) is 11.8 Å². The number of nitrogens with one attached hydrogen (secondary N) is 3. The van der Waals surface area contributed by atoms with E-state index < -0.39 is 41.8 Å². The minimum Gasteiger partial charge on any atom is -0.446 e. The number of likely N-dealkylation sites (tertiary alicyclic amines) is 1. The fraction of sp³-hybridized carbons (Fsp3) is 0.816. The third kappa shape index (κ3) is 18.0. The van der Waals surface area contributed by atoms with Crippen molar-refractivity contribution in [1.82, 2.24) is 20.9 Å². The summed E-state index contributed by atoms with van der Waals surface area (Å²) in [5.41, 5.74) is 0. The first-order valence-corrected chi connectivity index (χ1v) is 18.9. The number of nitrogens with zero attached hydrogens (tertiary/aromatic N) is 1. The monoisotopic (exact) mass is 679 g/mol. The van der Waals surface area contributed by atoms with Crippen molar-refractivity contribution < 1.29 is 28.7 Å². The summed E-state index contributed by atoms with van der Waals surface area (Å²) in [5, 5.41) is 8.22. The second kappa shape index (κ2) is 27.0. The molecule has 2 fully saturated rings. The molecule has 0 aromatic heterocycles. The summed E-state index contributed by atoms with van der Waals surface area (Å²) >= 11 is 0. The Bertz CT molecular complexity index is 955. The van der Waals surface area contributed by atoms with Crippen molar-refractivity contribution in [2.75, 3.05) is 13.1 Å². The maximum Gasteiger partial charge on any atom is 0.407 e. The quantitative estimate of drug-likeness (QED) is 0.0795. The SMILES string of the molecule is C=CCCNC(=O)C(=O)C(CCC)NC(=O)C1CCCN1C(=O)CC(NC(=O)OC1CCC(C)C1)C(C)CCC.CCC.CCCCC. The number of Topliss-reactive ketones (excluding diaryl/α,β-unsaturated/α-hetero) is 1. The molecule has 0 aromatic rings. The van der Waals surface area contributed by atoms with Crippen LogP contribution in [0.4, 0.5) is 4.79 Å². The fourth-order valence-electron chi connectivity index (χ4n) is 6.00. The van der Waals surface area contributed by atoms with E-state index >= 15 is 0 Å². The molecule has 3 N–H and O–H groups in total. The third-order valence-corrected chi connectivity index (χ3v) is 8.70. The molecule has 1 saturated carbocycles. The smallest absolute Gasteiger partial charge is 0.407 e. The number of amides is 4. The zero-order valence-electron chi connectivity index (χ0n) is 31.7. The van der Waals surface area contributed by atoms with E-state index in [1.807, 2.05) is 13.8 Å². The number of ether oxygens (including phenoxy) is 1. The first kappa shape index (κ1) is 45.1. The van der Waals surface area contributed by atoms with Gasteiger partial charge in [-0.1, -0.05) is 100.0 Å². The average molecular weight is 679 g/mol. The van der Waals surface area contributed by atoms with Crippen molar-refractivity contribution in [2.45, 2.75) is 176 Å². The lowest BCUT2D eigenvalue weighted by atomic mass is 9.94. The lowest BCUT2D eigenvalue weighted by Gasteiger charge is -2.30. The van der Waals surface area contributed by atoms with Crippen molar-refractivity contribution in [3.05, 3.63) is 12.7 Å². The number of unbranched alkanes of at least 4 members (excludes halogenated alkanes) is 2. The van der Waals surface area contributed by atoms with Gasteiger partial charge in [0.25, 0.3) is 5.91 Å². The van der Waals surface area contributed by atoms with Crippen LogP contribution < -0.4 is 16.0 Å². The summed E-state index contributed by atoms with van der Waals surface area (Å²) in [6.07, 6.45) is 13.5. The third-order valence-electron chi connectivity index (χ3n) is 8.70. The molecule has 2 aliphatic rings. The zero-order chi connectivity index (χ0) is 36.5. The second-order valence-electron chi connectivity index (χ2n) is 13.5. The summed E-state index contributed by atoms with van der Waals surface area (Å²) in [7, 11) is 0. The van der Waals surface area contributed by atoms with E-state index in [0.29, 0.717) is 51.1 Å². The fourth-order valence-corrected chi connectivity index (χ4v) is 6.00. The van der Waals surface area contributed by atoms with Crippen LogP contribution in [0.15, 0.2) is 12.7 Å². The van der Waals surface area contributed by atoms with Gasteiger partial charge in [0.2, 0.25) is 17.6 Å². The van der Waals surface area contributed by atoms with Crippen LogP contribution in [-0.4, -0.2) is 71.8 Å². The van der Waals surface area contributed by atoms with E-state index in [1.165, 1.54) is 25.7 Å². The lowest BCUT2D eigenvalue weighted by molar-refractivity contribution is -0.142. The van der Waals surface area contributed by atoms with E-state index in [1.54, 1.807) is 11.0 Å². The van der Waals surface area contributed by atoms with Crippen LogP contribution in [-0.2, 0) is 23.9 Å². The van der Waals surface area contributed by atoms with E-state index in [2.05, 4.69) is 64.1 Å². The number of rotatable bonds is 18. The Morgan fingerprint density at radius 1 is 0.917 bits per heavy atom. The van der Waals surface area contributed by atoms with Crippen LogP contribution >= 0.6 is 0 Å². The molecular formula is C38H70N4O6. The zero-order valence-corrected chi connectivity index (χ0v) is 31.7. The number of alkyl carbamates (subject to hydrolysis) is 1. The molecule has 48 heavy (non-hydrogen) atoms. The Hall–Kier alpha value is -2.91. The highest BCUT2D eigenvalue weighted by atomic mass is 16.6. The lowest BCUT2D eigenvalue weighted by Crippen LogP contribution is -2.54. The van der Waals surface area contributed by atoms with Gasteiger partial charge in [-0.25, -0.2) is 4.79 Å². The maximum atomic E-state index is 13.5. The topological polar surface area (TPSA) is 134 Å². The molecule has 0 radical (unpaired) electrons. The molecule has 1 aliphatic carbocycles. The Morgan fingerprint density at radius 2 is 1.56 bits per heavy atom. The van der Waals surface area contributed by atoms with Gasteiger partial charge in [0.1, 0.15) is 12.1 Å². The largest absolute Gasteiger partial charge is 0.446 e. The van der Waals surface area contributed by atoms with Crippen LogP contribution in [0.25, 0.3) is 0 Å². The molecule has 6 atom stereocenters. The number of hydrogen-bond donors (Lipinski definition) is 3. The van der Waals surface area contributed by atoms with E-state index in [4.69, 9.17) is 4.74 Å². The van der Waals surface area contributed by atoms with Gasteiger partial charge in [-0.3, -0.25) is 19.2 Å². The predicted octanol–water partition coefficient (Wildman–Crippen LogP) is 7.25. The number of ketones is 1. The summed E-state index contributed by atoms with van der Waals surface area (Å²) < 4.78 is 5.64. The molecule has 1 heterocycles. The molecule has 1 aliphatic heterocycles.